The molecule has 0 amide bonds. The number of nitrogens with one attached hydrogen (secondary N) is 1. The zero-order valence-electron chi connectivity index (χ0n) is 14.1. The molecule has 3 aromatic heterocycles. The van der Waals surface area contributed by atoms with Crippen LogP contribution in [-0.4, -0.2) is 32.9 Å². The van der Waals surface area contributed by atoms with Crippen molar-refractivity contribution in [3.05, 3.63) is 50.6 Å². The van der Waals surface area contributed by atoms with Crippen LogP contribution in [0.25, 0.3) is 10.2 Å². The van der Waals surface area contributed by atoms with Crippen molar-refractivity contribution >= 4 is 33.3 Å². The Bertz CT molecular complexity index is 1030. The van der Waals surface area contributed by atoms with Gasteiger partial charge in [-0.25, -0.2) is 9.78 Å². The van der Waals surface area contributed by atoms with E-state index in [0.29, 0.717) is 32.7 Å². The van der Waals surface area contributed by atoms with E-state index in [1.54, 1.807) is 32.2 Å². The average Bonchev–Trinajstić information content (AvgIpc) is 3.15. The number of H-pyrrole nitrogens is 1. The number of carbonyl (C=O) groups excluding carboxylic acids is 2. The van der Waals surface area contributed by atoms with E-state index in [4.69, 9.17) is 4.74 Å². The second-order valence-electron chi connectivity index (χ2n) is 5.59. The predicted octanol–water partition coefficient (Wildman–Crippen LogP) is 2.46. The maximum absolute atomic E-state index is 12.6. The summed E-state index contributed by atoms with van der Waals surface area (Å²) in [7, 11) is 0. The highest BCUT2D eigenvalue weighted by Crippen LogP contribution is 2.20. The van der Waals surface area contributed by atoms with Crippen LogP contribution in [0.15, 0.2) is 22.6 Å². The monoisotopic (exact) mass is 359 g/mol. The molecule has 3 aromatic rings. The predicted molar refractivity (Wildman–Crippen MR) is 94.4 cm³/mol. The molecular formula is C17H17N3O4S. The van der Waals surface area contributed by atoms with Crippen LogP contribution < -0.4 is 5.56 Å². The molecule has 3 heterocycles. The van der Waals surface area contributed by atoms with Gasteiger partial charge in [-0.2, -0.15) is 0 Å². The lowest BCUT2D eigenvalue weighted by Gasteiger charge is -2.05. The fourth-order valence-corrected chi connectivity index (χ4v) is 3.50. The summed E-state index contributed by atoms with van der Waals surface area (Å²) < 4.78 is 6.30. The lowest BCUT2D eigenvalue weighted by Crippen LogP contribution is -2.24. The highest BCUT2D eigenvalue weighted by Gasteiger charge is 2.23. The normalized spacial score (nSPS) is 11.0. The van der Waals surface area contributed by atoms with Gasteiger partial charge in [0, 0.05) is 5.69 Å². The second kappa shape index (κ2) is 6.64. The molecule has 0 spiro atoms. The maximum Gasteiger partial charge on any atom is 0.340 e. The van der Waals surface area contributed by atoms with Crippen LogP contribution in [0.4, 0.5) is 0 Å². The number of thiophene rings is 1. The van der Waals surface area contributed by atoms with Gasteiger partial charge in [-0.15, -0.1) is 11.3 Å². The summed E-state index contributed by atoms with van der Waals surface area (Å²) in [6, 6.07) is 1.69. The number of aromatic nitrogens is 3. The van der Waals surface area contributed by atoms with Crippen LogP contribution in [0.2, 0.25) is 0 Å². The van der Waals surface area contributed by atoms with E-state index in [1.807, 2.05) is 0 Å². The van der Waals surface area contributed by atoms with Crippen LogP contribution in [0.3, 0.4) is 0 Å². The SMILES string of the molecule is CCOC(=O)c1c(C)[nH]c(C(=O)Cn2cnc3sccc3c2=O)c1C. The maximum atomic E-state index is 12.6. The van der Waals surface area contributed by atoms with Gasteiger partial charge in [0.2, 0.25) is 0 Å². The van der Waals surface area contributed by atoms with Gasteiger partial charge >= 0.3 is 5.97 Å². The summed E-state index contributed by atoms with van der Waals surface area (Å²) >= 11 is 1.37. The number of ether oxygens (including phenoxy) is 1. The third-order valence-corrected chi connectivity index (χ3v) is 4.78. The Hall–Kier alpha value is -2.74. The first-order chi connectivity index (χ1) is 11.9. The Kier molecular flexibility index (Phi) is 4.54. The molecule has 1 N–H and O–H groups in total. The van der Waals surface area contributed by atoms with Gasteiger partial charge in [0.15, 0.2) is 5.78 Å². The third kappa shape index (κ3) is 3.00. The summed E-state index contributed by atoms with van der Waals surface area (Å²) in [6.45, 7) is 5.23. The number of esters is 1. The van der Waals surface area contributed by atoms with Gasteiger partial charge in [-0.05, 0) is 37.8 Å². The first kappa shape index (κ1) is 17.1. The van der Waals surface area contributed by atoms with Crippen molar-refractivity contribution in [1.82, 2.24) is 14.5 Å². The van der Waals surface area contributed by atoms with Crippen molar-refractivity contribution < 1.29 is 14.3 Å². The molecule has 0 atom stereocenters. The molecular weight excluding hydrogens is 342 g/mol. The fraction of sp³-hybridized carbons (Fsp3) is 0.294. The molecule has 0 unspecified atom stereocenters. The van der Waals surface area contributed by atoms with Crippen molar-refractivity contribution in [2.45, 2.75) is 27.3 Å². The Labute approximate surface area is 147 Å². The molecule has 0 bridgehead atoms. The zero-order chi connectivity index (χ0) is 18.1. The molecule has 0 aliphatic heterocycles. The number of fused-ring (bicyclic) bond motifs is 1. The first-order valence-corrected chi connectivity index (χ1v) is 8.64. The van der Waals surface area contributed by atoms with Crippen LogP contribution in [0, 0.1) is 13.8 Å². The van der Waals surface area contributed by atoms with E-state index in [0.717, 1.165) is 0 Å². The smallest absolute Gasteiger partial charge is 0.340 e. The largest absolute Gasteiger partial charge is 0.462 e. The number of hydrogen-bond donors (Lipinski definition) is 1. The quantitative estimate of drug-likeness (QED) is 0.558. The van der Waals surface area contributed by atoms with E-state index >= 15 is 0 Å². The number of aryl methyl sites for hydroxylation is 1. The first-order valence-electron chi connectivity index (χ1n) is 7.76. The molecule has 3 rings (SSSR count). The average molecular weight is 359 g/mol. The number of rotatable bonds is 5. The van der Waals surface area contributed by atoms with Crippen LogP contribution in [0.5, 0.6) is 0 Å². The molecule has 0 aliphatic carbocycles. The van der Waals surface area contributed by atoms with Crippen molar-refractivity contribution in [2.24, 2.45) is 0 Å². The van der Waals surface area contributed by atoms with Crippen molar-refractivity contribution in [1.29, 1.82) is 0 Å². The Morgan fingerprint density at radius 2 is 2.12 bits per heavy atom. The summed E-state index contributed by atoms with van der Waals surface area (Å²) in [5, 5.41) is 2.28. The van der Waals surface area contributed by atoms with Gasteiger partial charge in [0.25, 0.3) is 5.56 Å². The minimum Gasteiger partial charge on any atom is -0.462 e. The highest BCUT2D eigenvalue weighted by atomic mass is 32.1. The third-order valence-electron chi connectivity index (χ3n) is 3.96. The summed E-state index contributed by atoms with van der Waals surface area (Å²) in [5.74, 6) is -0.763. The Morgan fingerprint density at radius 1 is 1.36 bits per heavy atom. The minimum absolute atomic E-state index is 0.152. The van der Waals surface area contributed by atoms with E-state index in [2.05, 4.69) is 9.97 Å². The summed E-state index contributed by atoms with van der Waals surface area (Å²) in [6.07, 6.45) is 1.37. The Balaban J connectivity index is 1.93. The molecule has 0 saturated carbocycles. The summed E-state index contributed by atoms with van der Waals surface area (Å²) in [5.41, 5.74) is 1.50. The van der Waals surface area contributed by atoms with Crippen LogP contribution in [0.1, 0.15) is 39.0 Å². The molecule has 0 aliphatic rings. The van der Waals surface area contributed by atoms with Crippen molar-refractivity contribution in [3.63, 3.8) is 0 Å². The second-order valence-corrected chi connectivity index (χ2v) is 6.48. The van der Waals surface area contributed by atoms with Crippen LogP contribution >= 0.6 is 11.3 Å². The molecule has 130 valence electrons. The topological polar surface area (TPSA) is 94.1 Å². The summed E-state index contributed by atoms with van der Waals surface area (Å²) in [4.78, 5) is 44.8. The molecule has 0 radical (unpaired) electrons. The fourth-order valence-electron chi connectivity index (χ4n) is 2.78. The van der Waals surface area contributed by atoms with E-state index in [-0.39, 0.29) is 24.5 Å². The molecule has 0 aromatic carbocycles. The van der Waals surface area contributed by atoms with E-state index in [1.165, 1.54) is 22.2 Å². The van der Waals surface area contributed by atoms with Gasteiger partial charge in [-0.1, -0.05) is 0 Å². The van der Waals surface area contributed by atoms with Crippen LogP contribution in [-0.2, 0) is 11.3 Å². The Morgan fingerprint density at radius 3 is 2.84 bits per heavy atom. The highest BCUT2D eigenvalue weighted by molar-refractivity contribution is 7.16. The van der Waals surface area contributed by atoms with Crippen molar-refractivity contribution in [3.8, 4) is 0 Å². The number of nitrogens with zero attached hydrogens (tertiary/aromatic N) is 2. The molecule has 25 heavy (non-hydrogen) atoms. The van der Waals surface area contributed by atoms with E-state index in [9.17, 15) is 14.4 Å². The van der Waals surface area contributed by atoms with Gasteiger partial charge in [0.1, 0.15) is 4.83 Å². The molecule has 7 nitrogen and oxygen atoms in total. The van der Waals surface area contributed by atoms with Gasteiger partial charge in [0.05, 0.1) is 36.1 Å². The molecule has 0 saturated heterocycles. The lowest BCUT2D eigenvalue weighted by molar-refractivity contribution is 0.0525. The zero-order valence-corrected chi connectivity index (χ0v) is 14.9. The van der Waals surface area contributed by atoms with Gasteiger partial charge in [-0.3, -0.25) is 14.2 Å². The number of aromatic amines is 1. The molecule has 0 fully saturated rings. The number of hydrogen-bond acceptors (Lipinski definition) is 6. The van der Waals surface area contributed by atoms with Gasteiger partial charge < -0.3 is 9.72 Å². The number of ketones is 1. The van der Waals surface area contributed by atoms with Crippen molar-refractivity contribution in [2.75, 3.05) is 6.61 Å². The number of carbonyl (C=O) groups is 2. The minimum atomic E-state index is -0.466. The standard InChI is InChI=1S/C17H17N3O4S/c1-4-24-17(23)13-9(2)14(19-10(13)3)12(21)7-20-8-18-15-11(16(20)22)5-6-25-15/h5-6,8,19H,4,7H2,1-3H3. The van der Waals surface area contributed by atoms with E-state index < -0.39 is 5.97 Å². The number of Topliss-reactive ketones (excluding diaryl/α,β-unsaturated/α-hetero) is 1. The molecule has 8 heteroatoms. The lowest BCUT2D eigenvalue weighted by atomic mass is 10.1.